The molecule has 1 aromatic heterocycles. The number of esters is 1. The van der Waals surface area contributed by atoms with Gasteiger partial charge in [0.05, 0.1) is 13.0 Å². The lowest BCUT2D eigenvalue weighted by Crippen LogP contribution is -2.19. The Morgan fingerprint density at radius 3 is 2.86 bits per heavy atom. The zero-order chi connectivity index (χ0) is 10.6. The minimum Gasteiger partial charge on any atom is -0.466 e. The Morgan fingerprint density at radius 2 is 2.29 bits per heavy atom. The molecule has 0 aliphatic heterocycles. The van der Waals surface area contributed by atoms with E-state index in [1.54, 1.807) is 26.1 Å². The van der Waals surface area contributed by atoms with E-state index in [1.807, 2.05) is 0 Å². The highest BCUT2D eigenvalue weighted by molar-refractivity contribution is 5.72. The first-order chi connectivity index (χ1) is 6.65. The van der Waals surface area contributed by atoms with Crippen molar-refractivity contribution < 1.29 is 9.53 Å². The maximum Gasteiger partial charge on any atom is 0.310 e. The second-order valence-corrected chi connectivity index (χ2v) is 2.95. The van der Waals surface area contributed by atoms with Gasteiger partial charge in [0, 0.05) is 11.8 Å². The number of pyridine rings is 1. The number of carbonyl (C=O) groups excluding carboxylic acids is 1. The SMILES string of the molecule is CCOC(=O)Cc1c(C)cc[nH]c1=O. The molecule has 1 aromatic rings. The van der Waals surface area contributed by atoms with Crippen LogP contribution in [-0.2, 0) is 16.0 Å². The third kappa shape index (κ3) is 2.45. The van der Waals surface area contributed by atoms with Gasteiger partial charge in [-0.05, 0) is 25.5 Å². The molecule has 0 atom stereocenters. The molecule has 4 nitrogen and oxygen atoms in total. The van der Waals surface area contributed by atoms with Crippen molar-refractivity contribution in [1.29, 1.82) is 0 Å². The zero-order valence-corrected chi connectivity index (χ0v) is 8.29. The summed E-state index contributed by atoms with van der Waals surface area (Å²) in [7, 11) is 0. The van der Waals surface area contributed by atoms with Crippen LogP contribution in [0.5, 0.6) is 0 Å². The summed E-state index contributed by atoms with van der Waals surface area (Å²) in [5, 5.41) is 0. The molecule has 14 heavy (non-hydrogen) atoms. The van der Waals surface area contributed by atoms with Gasteiger partial charge < -0.3 is 9.72 Å². The number of rotatable bonds is 3. The van der Waals surface area contributed by atoms with Crippen molar-refractivity contribution in [3.8, 4) is 0 Å². The zero-order valence-electron chi connectivity index (χ0n) is 8.29. The fourth-order valence-electron chi connectivity index (χ4n) is 1.19. The van der Waals surface area contributed by atoms with E-state index in [9.17, 15) is 9.59 Å². The fraction of sp³-hybridized carbons (Fsp3) is 0.400. The summed E-state index contributed by atoms with van der Waals surface area (Å²) in [6.07, 6.45) is 1.60. The molecule has 0 saturated carbocycles. The standard InChI is InChI=1S/C10H13NO3/c1-3-14-9(12)6-8-7(2)4-5-11-10(8)13/h4-5H,3,6H2,1-2H3,(H,11,13). The highest BCUT2D eigenvalue weighted by Crippen LogP contribution is 2.01. The predicted molar refractivity (Wildman–Crippen MR) is 52.1 cm³/mol. The van der Waals surface area contributed by atoms with Crippen molar-refractivity contribution in [2.45, 2.75) is 20.3 Å². The molecule has 0 aliphatic carbocycles. The summed E-state index contributed by atoms with van der Waals surface area (Å²) < 4.78 is 4.76. The van der Waals surface area contributed by atoms with Gasteiger partial charge in [-0.25, -0.2) is 0 Å². The van der Waals surface area contributed by atoms with E-state index >= 15 is 0 Å². The van der Waals surface area contributed by atoms with Crippen LogP contribution in [0.25, 0.3) is 0 Å². The normalized spacial score (nSPS) is 9.86. The summed E-state index contributed by atoms with van der Waals surface area (Å²) >= 11 is 0. The quantitative estimate of drug-likeness (QED) is 0.725. The molecule has 0 aliphatic rings. The van der Waals surface area contributed by atoms with E-state index in [1.165, 1.54) is 0 Å². The first kappa shape index (κ1) is 10.5. The van der Waals surface area contributed by atoms with Crippen molar-refractivity contribution in [2.75, 3.05) is 6.61 Å². The van der Waals surface area contributed by atoms with Crippen LogP contribution in [0, 0.1) is 6.92 Å². The minimum absolute atomic E-state index is 0.0375. The number of aromatic nitrogens is 1. The smallest absolute Gasteiger partial charge is 0.310 e. The lowest BCUT2D eigenvalue weighted by molar-refractivity contribution is -0.142. The van der Waals surface area contributed by atoms with Gasteiger partial charge in [-0.1, -0.05) is 0 Å². The Bertz CT molecular complexity index is 381. The van der Waals surface area contributed by atoms with Crippen LogP contribution in [0.2, 0.25) is 0 Å². The molecule has 4 heteroatoms. The molecule has 0 bridgehead atoms. The van der Waals surface area contributed by atoms with Crippen molar-refractivity contribution in [3.63, 3.8) is 0 Å². The van der Waals surface area contributed by atoms with Gasteiger partial charge in [0.15, 0.2) is 0 Å². The Morgan fingerprint density at radius 1 is 1.57 bits per heavy atom. The van der Waals surface area contributed by atoms with Gasteiger partial charge in [0.1, 0.15) is 0 Å². The summed E-state index contributed by atoms with van der Waals surface area (Å²) in [6, 6.07) is 1.76. The predicted octanol–water partition coefficient (Wildman–Crippen LogP) is 0.789. The maximum absolute atomic E-state index is 11.3. The Balaban J connectivity index is 2.86. The van der Waals surface area contributed by atoms with Crippen LogP contribution in [0.15, 0.2) is 17.1 Å². The minimum atomic E-state index is -0.368. The molecule has 0 radical (unpaired) electrons. The van der Waals surface area contributed by atoms with Crippen LogP contribution < -0.4 is 5.56 Å². The van der Waals surface area contributed by atoms with Crippen molar-refractivity contribution in [1.82, 2.24) is 4.98 Å². The summed E-state index contributed by atoms with van der Waals surface area (Å²) in [5.74, 6) is -0.368. The van der Waals surface area contributed by atoms with Crippen LogP contribution >= 0.6 is 0 Å². The van der Waals surface area contributed by atoms with Gasteiger partial charge in [-0.2, -0.15) is 0 Å². The highest BCUT2D eigenvalue weighted by atomic mass is 16.5. The first-order valence-electron chi connectivity index (χ1n) is 4.48. The molecule has 1 heterocycles. The number of nitrogens with one attached hydrogen (secondary N) is 1. The van der Waals surface area contributed by atoms with Crippen LogP contribution in [0.3, 0.4) is 0 Å². The Labute approximate surface area is 81.9 Å². The van der Waals surface area contributed by atoms with Crippen LogP contribution in [0.1, 0.15) is 18.1 Å². The Kier molecular flexibility index (Phi) is 3.45. The second kappa shape index (κ2) is 4.60. The number of H-pyrrole nitrogens is 1. The second-order valence-electron chi connectivity index (χ2n) is 2.95. The number of aryl methyl sites for hydroxylation is 1. The molecule has 0 fully saturated rings. The number of hydrogen-bond acceptors (Lipinski definition) is 3. The van der Waals surface area contributed by atoms with E-state index in [0.29, 0.717) is 12.2 Å². The fourth-order valence-corrected chi connectivity index (χ4v) is 1.19. The summed E-state index contributed by atoms with van der Waals surface area (Å²) in [4.78, 5) is 25.0. The molecular weight excluding hydrogens is 182 g/mol. The van der Waals surface area contributed by atoms with Crippen molar-refractivity contribution in [2.24, 2.45) is 0 Å². The first-order valence-corrected chi connectivity index (χ1v) is 4.48. The van der Waals surface area contributed by atoms with E-state index in [-0.39, 0.29) is 17.9 Å². The molecule has 0 aromatic carbocycles. The van der Waals surface area contributed by atoms with E-state index < -0.39 is 0 Å². The molecule has 0 saturated heterocycles. The molecular formula is C10H13NO3. The molecule has 0 amide bonds. The number of aromatic amines is 1. The lowest BCUT2D eigenvalue weighted by atomic mass is 10.1. The maximum atomic E-state index is 11.3. The molecule has 0 unspecified atom stereocenters. The van der Waals surface area contributed by atoms with Crippen LogP contribution in [-0.4, -0.2) is 17.6 Å². The van der Waals surface area contributed by atoms with Crippen molar-refractivity contribution in [3.05, 3.63) is 33.7 Å². The van der Waals surface area contributed by atoms with Crippen molar-refractivity contribution >= 4 is 5.97 Å². The third-order valence-electron chi connectivity index (χ3n) is 1.92. The number of ether oxygens (including phenoxy) is 1. The summed E-state index contributed by atoms with van der Waals surface area (Å²) in [5.41, 5.74) is 1.06. The molecule has 0 spiro atoms. The van der Waals surface area contributed by atoms with Gasteiger partial charge in [-0.3, -0.25) is 9.59 Å². The monoisotopic (exact) mass is 195 g/mol. The molecule has 76 valence electrons. The largest absolute Gasteiger partial charge is 0.466 e. The molecule has 1 N–H and O–H groups in total. The van der Waals surface area contributed by atoms with E-state index in [4.69, 9.17) is 4.74 Å². The lowest BCUT2D eigenvalue weighted by Gasteiger charge is -2.03. The number of carbonyl (C=O) groups is 1. The average Bonchev–Trinajstić information content (AvgIpc) is 2.12. The third-order valence-corrected chi connectivity index (χ3v) is 1.92. The van der Waals surface area contributed by atoms with Gasteiger partial charge in [0.25, 0.3) is 5.56 Å². The van der Waals surface area contributed by atoms with E-state index in [0.717, 1.165) is 5.56 Å². The topological polar surface area (TPSA) is 59.2 Å². The Hall–Kier alpha value is -1.58. The average molecular weight is 195 g/mol. The highest BCUT2D eigenvalue weighted by Gasteiger charge is 2.09. The van der Waals surface area contributed by atoms with Gasteiger partial charge in [-0.15, -0.1) is 0 Å². The van der Waals surface area contributed by atoms with Crippen LogP contribution in [0.4, 0.5) is 0 Å². The number of hydrogen-bond donors (Lipinski definition) is 1. The van der Waals surface area contributed by atoms with E-state index in [2.05, 4.69) is 4.98 Å². The van der Waals surface area contributed by atoms with Gasteiger partial charge in [0.2, 0.25) is 0 Å². The van der Waals surface area contributed by atoms with Gasteiger partial charge >= 0.3 is 5.97 Å². The summed E-state index contributed by atoms with van der Waals surface area (Å²) in [6.45, 7) is 3.87. The molecule has 1 rings (SSSR count).